The Morgan fingerprint density at radius 2 is 1.84 bits per heavy atom. The minimum Gasteiger partial charge on any atom is -0.393 e. The van der Waals surface area contributed by atoms with Crippen LogP contribution < -0.4 is 21.5 Å². The Balaban J connectivity index is 2.13. The smallest absolute Gasteiger partial charge is 0.169 e. The Bertz CT molecular complexity index is 420. The van der Waals surface area contributed by atoms with Crippen LogP contribution >= 0.6 is 0 Å². The highest BCUT2D eigenvalue weighted by molar-refractivity contribution is 5.74. The fraction of sp³-hybridized carbons (Fsp3) is 0.692. The summed E-state index contributed by atoms with van der Waals surface area (Å²) in [5, 5.41) is 0. The molecular weight excluding hydrogens is 240 g/mol. The first-order valence-corrected chi connectivity index (χ1v) is 6.86. The van der Waals surface area contributed by atoms with E-state index in [0.29, 0.717) is 11.5 Å². The van der Waals surface area contributed by atoms with Crippen LogP contribution in [0.4, 0.5) is 17.3 Å². The molecule has 0 unspecified atom stereocenters. The van der Waals surface area contributed by atoms with Gasteiger partial charge in [0.2, 0.25) is 0 Å². The fourth-order valence-corrected chi connectivity index (χ4v) is 2.09. The van der Waals surface area contributed by atoms with Crippen LogP contribution in [0.1, 0.15) is 40.0 Å². The van der Waals surface area contributed by atoms with Crippen molar-refractivity contribution in [2.45, 2.75) is 45.6 Å². The summed E-state index contributed by atoms with van der Waals surface area (Å²) in [4.78, 5) is 10.8. The summed E-state index contributed by atoms with van der Waals surface area (Å²) in [6.45, 7) is 8.26. The number of hydrazine groups is 1. The molecule has 4 N–H and O–H groups in total. The minimum absolute atomic E-state index is 0.0529. The number of aromatic nitrogens is 2. The standard InChI is InChI=1S/C13H24N6/c1-13(2,3)18-17-11-10(14)12(16-9-15-11)19-7-5-4-6-8-19/h9,18H,4-8,14H2,1-3H3,(H,15,16,17). The molecule has 0 aromatic carbocycles. The highest BCUT2D eigenvalue weighted by atomic mass is 15.4. The first kappa shape index (κ1) is 13.9. The maximum absolute atomic E-state index is 6.17. The third kappa shape index (κ3) is 3.70. The maximum atomic E-state index is 6.17. The van der Waals surface area contributed by atoms with E-state index < -0.39 is 0 Å². The van der Waals surface area contributed by atoms with E-state index in [2.05, 4.69) is 46.5 Å². The highest BCUT2D eigenvalue weighted by Crippen LogP contribution is 2.27. The van der Waals surface area contributed by atoms with Gasteiger partial charge in [-0.1, -0.05) is 0 Å². The number of nitrogen functional groups attached to an aromatic ring is 1. The van der Waals surface area contributed by atoms with Crippen molar-refractivity contribution < 1.29 is 0 Å². The number of anilines is 3. The molecule has 1 fully saturated rings. The Hall–Kier alpha value is -1.56. The largest absolute Gasteiger partial charge is 0.393 e. The second-order valence-electron chi connectivity index (χ2n) is 6.01. The molecule has 0 spiro atoms. The topological polar surface area (TPSA) is 79.1 Å². The van der Waals surface area contributed by atoms with Crippen LogP contribution in [0.5, 0.6) is 0 Å². The van der Waals surface area contributed by atoms with Crippen molar-refractivity contribution in [3.05, 3.63) is 6.33 Å². The van der Waals surface area contributed by atoms with E-state index in [0.717, 1.165) is 18.9 Å². The predicted octanol–water partition coefficient (Wildman–Crippen LogP) is 1.76. The van der Waals surface area contributed by atoms with Crippen LogP contribution in [0.15, 0.2) is 6.33 Å². The quantitative estimate of drug-likeness (QED) is 0.722. The van der Waals surface area contributed by atoms with Gasteiger partial charge in [-0.05, 0) is 40.0 Å². The zero-order valence-electron chi connectivity index (χ0n) is 12.0. The van der Waals surface area contributed by atoms with Crippen molar-refractivity contribution >= 4 is 17.3 Å². The van der Waals surface area contributed by atoms with Gasteiger partial charge in [0, 0.05) is 18.6 Å². The van der Waals surface area contributed by atoms with Crippen LogP contribution in [0, 0.1) is 0 Å². The molecule has 1 aromatic rings. The number of rotatable bonds is 3. The summed E-state index contributed by atoms with van der Waals surface area (Å²) in [5.74, 6) is 1.48. The van der Waals surface area contributed by atoms with Gasteiger partial charge >= 0.3 is 0 Å². The lowest BCUT2D eigenvalue weighted by Crippen LogP contribution is -2.40. The molecule has 0 atom stereocenters. The molecule has 6 heteroatoms. The average Bonchev–Trinajstić information content (AvgIpc) is 2.37. The lowest BCUT2D eigenvalue weighted by atomic mass is 10.1. The van der Waals surface area contributed by atoms with Crippen molar-refractivity contribution in [1.29, 1.82) is 0 Å². The lowest BCUT2D eigenvalue weighted by Gasteiger charge is -2.29. The molecule has 2 heterocycles. The first-order chi connectivity index (χ1) is 8.97. The number of nitrogens with zero attached hydrogens (tertiary/aromatic N) is 3. The summed E-state index contributed by atoms with van der Waals surface area (Å²) in [6, 6.07) is 0. The predicted molar refractivity (Wildman–Crippen MR) is 79.0 cm³/mol. The lowest BCUT2D eigenvalue weighted by molar-refractivity contribution is 0.464. The van der Waals surface area contributed by atoms with E-state index in [4.69, 9.17) is 5.73 Å². The number of hydrogen-bond donors (Lipinski definition) is 3. The van der Waals surface area contributed by atoms with Gasteiger partial charge in [0.25, 0.3) is 0 Å². The first-order valence-electron chi connectivity index (χ1n) is 6.86. The van der Waals surface area contributed by atoms with Crippen molar-refractivity contribution in [1.82, 2.24) is 15.4 Å². The van der Waals surface area contributed by atoms with Crippen LogP contribution in [0.3, 0.4) is 0 Å². The van der Waals surface area contributed by atoms with Gasteiger partial charge in [-0.25, -0.2) is 15.4 Å². The van der Waals surface area contributed by atoms with Gasteiger partial charge in [-0.15, -0.1) is 0 Å². The van der Waals surface area contributed by atoms with E-state index >= 15 is 0 Å². The monoisotopic (exact) mass is 264 g/mol. The number of nitrogens with one attached hydrogen (secondary N) is 2. The Labute approximate surface area is 114 Å². The highest BCUT2D eigenvalue weighted by Gasteiger charge is 2.18. The van der Waals surface area contributed by atoms with Gasteiger partial charge in [-0.2, -0.15) is 0 Å². The van der Waals surface area contributed by atoms with E-state index in [1.165, 1.54) is 19.3 Å². The maximum Gasteiger partial charge on any atom is 0.169 e. The normalized spacial score (nSPS) is 16.5. The summed E-state index contributed by atoms with van der Waals surface area (Å²) >= 11 is 0. The summed E-state index contributed by atoms with van der Waals surface area (Å²) in [7, 11) is 0. The SMILES string of the molecule is CC(C)(C)NNc1ncnc(N2CCCCC2)c1N. The third-order valence-electron chi connectivity index (χ3n) is 3.07. The molecule has 106 valence electrons. The van der Waals surface area contributed by atoms with E-state index in [9.17, 15) is 0 Å². The molecule has 2 rings (SSSR count). The molecule has 0 bridgehead atoms. The fourth-order valence-electron chi connectivity index (χ4n) is 2.09. The Morgan fingerprint density at radius 1 is 1.16 bits per heavy atom. The molecule has 1 aliphatic heterocycles. The molecule has 0 saturated carbocycles. The van der Waals surface area contributed by atoms with Gasteiger partial charge in [0.15, 0.2) is 11.6 Å². The Morgan fingerprint density at radius 3 is 2.47 bits per heavy atom. The van der Waals surface area contributed by atoms with Gasteiger partial charge in [-0.3, -0.25) is 0 Å². The van der Waals surface area contributed by atoms with Gasteiger partial charge in [0.1, 0.15) is 12.0 Å². The van der Waals surface area contributed by atoms with Crippen LogP contribution in [-0.2, 0) is 0 Å². The second kappa shape index (κ2) is 5.61. The number of hydrogen-bond acceptors (Lipinski definition) is 6. The van der Waals surface area contributed by atoms with E-state index in [-0.39, 0.29) is 5.54 Å². The molecular formula is C13H24N6. The molecule has 1 aromatic heterocycles. The number of nitrogens with two attached hydrogens (primary N) is 1. The van der Waals surface area contributed by atoms with E-state index in [1.807, 2.05) is 0 Å². The van der Waals surface area contributed by atoms with Crippen LogP contribution in [0.2, 0.25) is 0 Å². The zero-order chi connectivity index (χ0) is 13.9. The minimum atomic E-state index is -0.0529. The van der Waals surface area contributed by atoms with Crippen molar-refractivity contribution in [2.75, 3.05) is 29.1 Å². The summed E-state index contributed by atoms with van der Waals surface area (Å²) in [5.41, 5.74) is 13.0. The van der Waals surface area contributed by atoms with Crippen molar-refractivity contribution in [2.24, 2.45) is 0 Å². The van der Waals surface area contributed by atoms with Crippen LogP contribution in [-0.4, -0.2) is 28.6 Å². The molecule has 1 aliphatic rings. The molecule has 0 amide bonds. The molecule has 6 nitrogen and oxygen atoms in total. The molecule has 1 saturated heterocycles. The molecule has 0 radical (unpaired) electrons. The summed E-state index contributed by atoms with van der Waals surface area (Å²) in [6.07, 6.45) is 5.25. The van der Waals surface area contributed by atoms with Crippen LogP contribution in [0.25, 0.3) is 0 Å². The molecule has 19 heavy (non-hydrogen) atoms. The van der Waals surface area contributed by atoms with Crippen molar-refractivity contribution in [3.63, 3.8) is 0 Å². The average molecular weight is 264 g/mol. The van der Waals surface area contributed by atoms with Gasteiger partial charge in [0.05, 0.1) is 0 Å². The zero-order valence-corrected chi connectivity index (χ0v) is 12.0. The van der Waals surface area contributed by atoms with E-state index in [1.54, 1.807) is 6.33 Å². The molecule has 0 aliphatic carbocycles. The summed E-state index contributed by atoms with van der Waals surface area (Å²) < 4.78 is 0. The number of piperidine rings is 1. The van der Waals surface area contributed by atoms with Crippen molar-refractivity contribution in [3.8, 4) is 0 Å². The van der Waals surface area contributed by atoms with Gasteiger partial charge < -0.3 is 16.1 Å². The second-order valence-corrected chi connectivity index (χ2v) is 6.01. The third-order valence-corrected chi connectivity index (χ3v) is 3.07. The Kier molecular flexibility index (Phi) is 4.09.